The SMILES string of the molecule is CO/N=C(/CS(=O)(=O)c1ccccc1C(=O)OC)c1ccc(Cl)cc1Cl. The van der Waals surface area contributed by atoms with Crippen molar-refractivity contribution in [2.45, 2.75) is 4.90 Å². The van der Waals surface area contributed by atoms with E-state index < -0.39 is 21.6 Å². The van der Waals surface area contributed by atoms with Gasteiger partial charge in [-0.1, -0.05) is 46.6 Å². The van der Waals surface area contributed by atoms with Gasteiger partial charge >= 0.3 is 5.97 Å². The van der Waals surface area contributed by atoms with Crippen LogP contribution in [0.25, 0.3) is 0 Å². The first-order valence-corrected chi connectivity index (χ1v) is 9.66. The van der Waals surface area contributed by atoms with Gasteiger partial charge in [0, 0.05) is 10.6 Å². The van der Waals surface area contributed by atoms with E-state index in [1.807, 2.05) is 0 Å². The average molecular weight is 416 g/mol. The van der Waals surface area contributed by atoms with Crippen molar-refractivity contribution in [3.8, 4) is 0 Å². The lowest BCUT2D eigenvalue weighted by molar-refractivity contribution is 0.0596. The Morgan fingerprint density at radius 3 is 2.38 bits per heavy atom. The fourth-order valence-corrected chi connectivity index (χ4v) is 4.27. The van der Waals surface area contributed by atoms with Gasteiger partial charge in [0.2, 0.25) is 0 Å². The smallest absolute Gasteiger partial charge is 0.339 e. The minimum atomic E-state index is -3.95. The molecule has 0 aromatic heterocycles. The number of esters is 1. The molecule has 2 aromatic carbocycles. The van der Waals surface area contributed by atoms with E-state index in [4.69, 9.17) is 28.0 Å². The Morgan fingerprint density at radius 1 is 1.08 bits per heavy atom. The average Bonchev–Trinajstić information content (AvgIpc) is 2.60. The van der Waals surface area contributed by atoms with Gasteiger partial charge in [0.05, 0.1) is 22.6 Å². The third-order valence-corrected chi connectivity index (χ3v) is 5.63. The molecule has 2 rings (SSSR count). The number of carbonyl (C=O) groups excluding carboxylic acids is 1. The molecule has 0 aliphatic rings. The number of sulfone groups is 1. The van der Waals surface area contributed by atoms with Gasteiger partial charge in [0.15, 0.2) is 9.84 Å². The van der Waals surface area contributed by atoms with E-state index in [1.165, 1.54) is 38.5 Å². The van der Waals surface area contributed by atoms with Gasteiger partial charge in [-0.3, -0.25) is 0 Å². The summed E-state index contributed by atoms with van der Waals surface area (Å²) in [5, 5.41) is 4.41. The molecule has 26 heavy (non-hydrogen) atoms. The third kappa shape index (κ3) is 4.55. The normalized spacial score (nSPS) is 11.9. The highest BCUT2D eigenvalue weighted by atomic mass is 35.5. The highest BCUT2D eigenvalue weighted by Gasteiger charge is 2.26. The highest BCUT2D eigenvalue weighted by molar-refractivity contribution is 7.92. The molecule has 2 aromatic rings. The molecule has 0 amide bonds. The summed E-state index contributed by atoms with van der Waals surface area (Å²) in [7, 11) is -1.48. The molecule has 0 bridgehead atoms. The topological polar surface area (TPSA) is 82.0 Å². The van der Waals surface area contributed by atoms with Crippen LogP contribution in [0.2, 0.25) is 10.0 Å². The summed E-state index contributed by atoms with van der Waals surface area (Å²) in [6.45, 7) is 0. The first-order chi connectivity index (χ1) is 12.3. The van der Waals surface area contributed by atoms with Gasteiger partial charge in [0.25, 0.3) is 0 Å². The summed E-state index contributed by atoms with van der Waals surface area (Å²) in [5.41, 5.74) is 0.375. The van der Waals surface area contributed by atoms with Crippen LogP contribution >= 0.6 is 23.2 Å². The third-order valence-electron chi connectivity index (χ3n) is 3.40. The van der Waals surface area contributed by atoms with E-state index in [-0.39, 0.29) is 21.2 Å². The fraction of sp³-hybridized carbons (Fsp3) is 0.176. The quantitative estimate of drug-likeness (QED) is 0.408. The maximum Gasteiger partial charge on any atom is 0.339 e. The zero-order chi connectivity index (χ0) is 19.3. The maximum atomic E-state index is 12.9. The van der Waals surface area contributed by atoms with Crippen molar-refractivity contribution in [3.63, 3.8) is 0 Å². The number of ether oxygens (including phenoxy) is 1. The zero-order valence-corrected chi connectivity index (χ0v) is 16.2. The van der Waals surface area contributed by atoms with Crippen molar-refractivity contribution in [1.29, 1.82) is 0 Å². The second kappa shape index (κ2) is 8.53. The molecule has 0 saturated heterocycles. The minimum absolute atomic E-state index is 0.0611. The summed E-state index contributed by atoms with van der Waals surface area (Å²) >= 11 is 12.0. The fourth-order valence-electron chi connectivity index (χ4n) is 2.26. The predicted octanol–water partition coefficient (Wildman–Crippen LogP) is 3.60. The summed E-state index contributed by atoms with van der Waals surface area (Å²) < 4.78 is 30.4. The van der Waals surface area contributed by atoms with Gasteiger partial charge in [-0.2, -0.15) is 0 Å². The molecule has 0 atom stereocenters. The van der Waals surface area contributed by atoms with Crippen molar-refractivity contribution in [3.05, 3.63) is 63.6 Å². The number of oxime groups is 1. The summed E-state index contributed by atoms with van der Waals surface area (Å²) in [5.74, 6) is -1.28. The maximum absolute atomic E-state index is 12.9. The Labute approximate surface area is 161 Å². The lowest BCUT2D eigenvalue weighted by atomic mass is 10.1. The zero-order valence-electron chi connectivity index (χ0n) is 13.9. The number of halogens is 2. The van der Waals surface area contributed by atoms with E-state index in [0.29, 0.717) is 10.6 Å². The number of carbonyl (C=O) groups is 1. The standard InChI is InChI=1S/C17H15Cl2NO5S/c1-24-17(21)13-5-3-4-6-16(13)26(22,23)10-15(20-25-2)12-8-7-11(18)9-14(12)19/h3-9H,10H2,1-2H3/b20-15-. The number of benzene rings is 2. The molecule has 0 fully saturated rings. The van der Waals surface area contributed by atoms with Crippen LogP contribution in [0.1, 0.15) is 15.9 Å². The Morgan fingerprint density at radius 2 is 1.77 bits per heavy atom. The molecule has 0 spiro atoms. The number of rotatable bonds is 6. The molecule has 6 nitrogen and oxygen atoms in total. The van der Waals surface area contributed by atoms with Crippen molar-refractivity contribution < 1.29 is 22.8 Å². The molecular weight excluding hydrogens is 401 g/mol. The molecule has 0 radical (unpaired) electrons. The molecule has 0 unspecified atom stereocenters. The Bertz CT molecular complexity index is 957. The van der Waals surface area contributed by atoms with Crippen LogP contribution in [-0.2, 0) is 19.4 Å². The van der Waals surface area contributed by atoms with Gasteiger partial charge < -0.3 is 9.57 Å². The van der Waals surface area contributed by atoms with E-state index in [1.54, 1.807) is 18.2 Å². The van der Waals surface area contributed by atoms with Gasteiger partial charge in [-0.25, -0.2) is 13.2 Å². The molecule has 138 valence electrons. The second-order valence-corrected chi connectivity index (χ2v) is 7.89. The lowest BCUT2D eigenvalue weighted by Crippen LogP contribution is -2.20. The van der Waals surface area contributed by atoms with Crippen LogP contribution in [0.15, 0.2) is 52.5 Å². The van der Waals surface area contributed by atoms with Crippen LogP contribution in [0, 0.1) is 0 Å². The molecule has 0 aliphatic heterocycles. The van der Waals surface area contributed by atoms with Crippen molar-refractivity contribution >= 4 is 44.7 Å². The summed E-state index contributed by atoms with van der Waals surface area (Å²) in [6.07, 6.45) is 0. The van der Waals surface area contributed by atoms with Gasteiger partial charge in [-0.15, -0.1) is 0 Å². The molecule has 0 N–H and O–H groups in total. The van der Waals surface area contributed by atoms with Crippen LogP contribution in [0.3, 0.4) is 0 Å². The number of hydrogen-bond donors (Lipinski definition) is 0. The summed E-state index contributed by atoms with van der Waals surface area (Å²) in [4.78, 5) is 16.5. The van der Waals surface area contributed by atoms with E-state index in [0.717, 1.165) is 0 Å². The molecule has 9 heteroatoms. The van der Waals surface area contributed by atoms with E-state index >= 15 is 0 Å². The highest BCUT2D eigenvalue weighted by Crippen LogP contribution is 2.24. The predicted molar refractivity (Wildman–Crippen MR) is 99.8 cm³/mol. The number of hydrogen-bond acceptors (Lipinski definition) is 6. The Balaban J connectivity index is 2.50. The van der Waals surface area contributed by atoms with E-state index in [9.17, 15) is 13.2 Å². The number of nitrogens with zero attached hydrogens (tertiary/aromatic N) is 1. The monoisotopic (exact) mass is 415 g/mol. The van der Waals surface area contributed by atoms with Gasteiger partial charge in [0.1, 0.15) is 18.6 Å². The largest absolute Gasteiger partial charge is 0.465 e. The molecule has 0 saturated carbocycles. The van der Waals surface area contributed by atoms with Gasteiger partial charge in [-0.05, 0) is 24.3 Å². The molecule has 0 aliphatic carbocycles. The molecular formula is C17H15Cl2NO5S. The first kappa shape index (κ1) is 20.2. The minimum Gasteiger partial charge on any atom is -0.465 e. The number of methoxy groups -OCH3 is 1. The Kier molecular flexibility index (Phi) is 6.63. The van der Waals surface area contributed by atoms with Crippen molar-refractivity contribution in [2.75, 3.05) is 20.0 Å². The molecule has 0 heterocycles. The second-order valence-electron chi connectivity index (χ2n) is 5.09. The van der Waals surface area contributed by atoms with Crippen LogP contribution in [-0.4, -0.2) is 40.1 Å². The van der Waals surface area contributed by atoms with Crippen LogP contribution < -0.4 is 0 Å². The van der Waals surface area contributed by atoms with Crippen LogP contribution in [0.4, 0.5) is 0 Å². The summed E-state index contributed by atoms with van der Waals surface area (Å²) in [6, 6.07) is 10.3. The van der Waals surface area contributed by atoms with Crippen LogP contribution in [0.5, 0.6) is 0 Å². The van der Waals surface area contributed by atoms with E-state index in [2.05, 4.69) is 9.89 Å². The first-order valence-electron chi connectivity index (χ1n) is 7.25. The lowest BCUT2D eigenvalue weighted by Gasteiger charge is -2.12. The van der Waals surface area contributed by atoms with Crippen molar-refractivity contribution in [2.24, 2.45) is 5.16 Å². The van der Waals surface area contributed by atoms with Crippen molar-refractivity contribution in [1.82, 2.24) is 0 Å². The Hall–Kier alpha value is -2.09.